The van der Waals surface area contributed by atoms with E-state index in [1.807, 2.05) is 0 Å². The van der Waals surface area contributed by atoms with Crippen molar-refractivity contribution in [3.8, 4) is 11.5 Å². The van der Waals surface area contributed by atoms with Crippen LogP contribution in [-0.2, 0) is 4.79 Å². The van der Waals surface area contributed by atoms with Crippen molar-refractivity contribution in [1.82, 2.24) is 5.32 Å². The minimum absolute atomic E-state index is 0.250. The van der Waals surface area contributed by atoms with Gasteiger partial charge in [-0.2, -0.15) is 0 Å². The molecule has 0 fully saturated rings. The van der Waals surface area contributed by atoms with Gasteiger partial charge in [-0.15, -0.1) is 0 Å². The first-order valence-corrected chi connectivity index (χ1v) is 3.89. The second kappa shape index (κ2) is 3.78. The lowest BCUT2D eigenvalue weighted by molar-refractivity contribution is -0.114. The van der Waals surface area contributed by atoms with Crippen molar-refractivity contribution in [2.75, 3.05) is 7.05 Å². The maximum absolute atomic E-state index is 11.0. The van der Waals surface area contributed by atoms with E-state index in [4.69, 9.17) is 15.6 Å². The lowest BCUT2D eigenvalue weighted by Crippen LogP contribution is -2.27. The number of phenols is 2. The van der Waals surface area contributed by atoms with Crippen molar-refractivity contribution in [1.29, 1.82) is 5.41 Å². The Morgan fingerprint density at radius 2 is 2.00 bits per heavy atom. The van der Waals surface area contributed by atoms with Crippen LogP contribution in [0.4, 0.5) is 0 Å². The smallest absolute Gasteiger partial charge is 0.269 e. The van der Waals surface area contributed by atoms with E-state index in [1.165, 1.54) is 19.2 Å². The zero-order chi connectivity index (χ0) is 10.7. The summed E-state index contributed by atoms with van der Waals surface area (Å²) < 4.78 is 0. The summed E-state index contributed by atoms with van der Waals surface area (Å²) in [5, 5.41) is 27.8. The van der Waals surface area contributed by atoms with Gasteiger partial charge in [-0.25, -0.2) is 0 Å². The fourth-order valence-corrected chi connectivity index (χ4v) is 0.935. The number of benzene rings is 1. The second-order valence-electron chi connectivity index (χ2n) is 2.66. The van der Waals surface area contributed by atoms with Crippen molar-refractivity contribution in [2.45, 2.75) is 0 Å². The molecule has 74 valence electrons. The third kappa shape index (κ3) is 1.82. The molecule has 1 aromatic rings. The minimum atomic E-state index is -0.546. The number of aromatic hydroxyl groups is 2. The van der Waals surface area contributed by atoms with Gasteiger partial charge in [-0.1, -0.05) is 0 Å². The average molecular weight is 194 g/mol. The van der Waals surface area contributed by atoms with Crippen molar-refractivity contribution in [2.24, 2.45) is 0 Å². The molecular weight excluding hydrogens is 184 g/mol. The van der Waals surface area contributed by atoms with Gasteiger partial charge in [0.1, 0.15) is 5.71 Å². The first-order valence-electron chi connectivity index (χ1n) is 3.89. The number of hydrogen-bond acceptors (Lipinski definition) is 4. The molecule has 0 spiro atoms. The molecule has 1 aromatic carbocycles. The van der Waals surface area contributed by atoms with Crippen LogP contribution in [0.2, 0.25) is 0 Å². The van der Waals surface area contributed by atoms with Crippen LogP contribution in [0.1, 0.15) is 5.56 Å². The molecule has 0 aliphatic rings. The minimum Gasteiger partial charge on any atom is -0.504 e. The largest absolute Gasteiger partial charge is 0.504 e. The zero-order valence-corrected chi connectivity index (χ0v) is 7.53. The molecule has 1 rings (SSSR count). The summed E-state index contributed by atoms with van der Waals surface area (Å²) >= 11 is 0. The Morgan fingerprint density at radius 1 is 1.36 bits per heavy atom. The number of carbonyl (C=O) groups excluding carboxylic acids is 1. The highest BCUT2D eigenvalue weighted by Crippen LogP contribution is 2.24. The summed E-state index contributed by atoms with van der Waals surface area (Å²) in [7, 11) is 1.41. The molecule has 14 heavy (non-hydrogen) atoms. The van der Waals surface area contributed by atoms with E-state index in [9.17, 15) is 4.79 Å². The van der Waals surface area contributed by atoms with E-state index in [2.05, 4.69) is 5.32 Å². The lowest BCUT2D eigenvalue weighted by Gasteiger charge is -2.03. The van der Waals surface area contributed by atoms with Crippen LogP contribution in [0, 0.1) is 5.41 Å². The predicted molar refractivity (Wildman–Crippen MR) is 50.7 cm³/mol. The van der Waals surface area contributed by atoms with E-state index in [1.54, 1.807) is 0 Å². The van der Waals surface area contributed by atoms with Gasteiger partial charge in [0.15, 0.2) is 11.5 Å². The standard InChI is InChI=1S/C9H10N2O3/c1-11-9(14)8(10)5-2-3-6(12)7(13)4-5/h2-4,10,12-13H,1H3,(H,11,14). The Morgan fingerprint density at radius 3 is 2.50 bits per heavy atom. The van der Waals surface area contributed by atoms with Crippen LogP contribution < -0.4 is 5.32 Å². The van der Waals surface area contributed by atoms with Gasteiger partial charge in [0.05, 0.1) is 0 Å². The molecule has 4 N–H and O–H groups in total. The van der Waals surface area contributed by atoms with Crippen LogP contribution in [0.15, 0.2) is 18.2 Å². The molecule has 0 aliphatic carbocycles. The van der Waals surface area contributed by atoms with Crippen molar-refractivity contribution in [3.63, 3.8) is 0 Å². The van der Waals surface area contributed by atoms with E-state index in [0.717, 1.165) is 6.07 Å². The normalized spacial score (nSPS) is 9.50. The first kappa shape index (κ1) is 10.0. The van der Waals surface area contributed by atoms with Gasteiger partial charge in [-0.3, -0.25) is 10.2 Å². The number of amides is 1. The fraction of sp³-hybridized carbons (Fsp3) is 0.111. The lowest BCUT2D eigenvalue weighted by atomic mass is 10.1. The summed E-state index contributed by atoms with van der Waals surface area (Å²) in [6, 6.07) is 3.77. The van der Waals surface area contributed by atoms with Crippen LogP contribution in [0.25, 0.3) is 0 Å². The SMILES string of the molecule is CNC(=O)C(=N)c1ccc(O)c(O)c1. The van der Waals surface area contributed by atoms with Crippen LogP contribution in [0.5, 0.6) is 11.5 Å². The van der Waals surface area contributed by atoms with Gasteiger partial charge >= 0.3 is 0 Å². The topological polar surface area (TPSA) is 93.4 Å². The second-order valence-corrected chi connectivity index (χ2v) is 2.66. The molecule has 5 nitrogen and oxygen atoms in total. The quantitative estimate of drug-likeness (QED) is 0.400. The number of hydrogen-bond donors (Lipinski definition) is 4. The van der Waals surface area contributed by atoms with Crippen molar-refractivity contribution in [3.05, 3.63) is 23.8 Å². The predicted octanol–water partition coefficient (Wildman–Crippen LogP) is 0.212. The van der Waals surface area contributed by atoms with Gasteiger partial charge in [0.2, 0.25) is 0 Å². The zero-order valence-electron chi connectivity index (χ0n) is 7.53. The molecule has 0 radical (unpaired) electrons. The summed E-state index contributed by atoms with van der Waals surface area (Å²) in [4.78, 5) is 11.0. The molecule has 0 bridgehead atoms. The van der Waals surface area contributed by atoms with Crippen LogP contribution >= 0.6 is 0 Å². The van der Waals surface area contributed by atoms with Gasteiger partial charge in [-0.05, 0) is 18.2 Å². The Balaban J connectivity index is 3.03. The molecule has 1 amide bonds. The highest BCUT2D eigenvalue weighted by molar-refractivity contribution is 6.44. The van der Waals surface area contributed by atoms with Gasteiger partial charge < -0.3 is 15.5 Å². The summed E-state index contributed by atoms with van der Waals surface area (Å²) in [5.74, 6) is -1.18. The number of nitrogens with one attached hydrogen (secondary N) is 2. The van der Waals surface area contributed by atoms with Gasteiger partial charge in [0, 0.05) is 12.6 Å². The van der Waals surface area contributed by atoms with E-state index < -0.39 is 5.91 Å². The summed E-state index contributed by atoms with van der Waals surface area (Å²) in [6.45, 7) is 0. The average Bonchev–Trinajstić information content (AvgIpc) is 2.20. The Hall–Kier alpha value is -2.04. The monoisotopic (exact) mass is 194 g/mol. The number of carbonyl (C=O) groups is 1. The number of rotatable bonds is 2. The fourth-order valence-electron chi connectivity index (χ4n) is 0.935. The molecule has 0 aliphatic heterocycles. The maximum atomic E-state index is 11.0. The first-order chi connectivity index (χ1) is 6.56. The van der Waals surface area contributed by atoms with E-state index >= 15 is 0 Å². The van der Waals surface area contributed by atoms with Crippen LogP contribution in [0.3, 0.4) is 0 Å². The summed E-state index contributed by atoms with van der Waals surface area (Å²) in [6.07, 6.45) is 0. The molecule has 0 saturated heterocycles. The third-order valence-electron chi connectivity index (χ3n) is 1.72. The Bertz CT molecular complexity index is 388. The highest BCUT2D eigenvalue weighted by atomic mass is 16.3. The number of likely N-dealkylation sites (N-methyl/N-ethyl adjacent to an activating group) is 1. The van der Waals surface area contributed by atoms with Crippen LogP contribution in [-0.4, -0.2) is 28.9 Å². The van der Waals surface area contributed by atoms with Gasteiger partial charge in [0.25, 0.3) is 5.91 Å². The van der Waals surface area contributed by atoms with Crippen molar-refractivity contribution < 1.29 is 15.0 Å². The molecule has 0 saturated carbocycles. The number of phenolic OH excluding ortho intramolecular Hbond substituents is 2. The molecular formula is C9H10N2O3. The molecule has 0 heterocycles. The summed E-state index contributed by atoms with van der Waals surface area (Å²) in [5.41, 5.74) is -0.0116. The van der Waals surface area contributed by atoms with Crippen molar-refractivity contribution >= 4 is 11.6 Å². The van der Waals surface area contributed by atoms with E-state index in [-0.39, 0.29) is 22.8 Å². The third-order valence-corrected chi connectivity index (χ3v) is 1.72. The molecule has 0 aromatic heterocycles. The van der Waals surface area contributed by atoms with E-state index in [0.29, 0.717) is 0 Å². The molecule has 5 heteroatoms. The Labute approximate surface area is 80.5 Å². The molecule has 0 unspecified atom stereocenters. The molecule has 0 atom stereocenters. The Kier molecular flexibility index (Phi) is 2.71. The maximum Gasteiger partial charge on any atom is 0.269 e. The highest BCUT2D eigenvalue weighted by Gasteiger charge is 2.11.